The van der Waals surface area contributed by atoms with Gasteiger partial charge >= 0.3 is 5.69 Å². The van der Waals surface area contributed by atoms with E-state index in [1.54, 1.807) is 0 Å². The van der Waals surface area contributed by atoms with E-state index in [4.69, 9.17) is 11.6 Å². The summed E-state index contributed by atoms with van der Waals surface area (Å²) in [6.07, 6.45) is 1.15. The van der Waals surface area contributed by atoms with Crippen molar-refractivity contribution in [2.45, 2.75) is 13.1 Å². The Bertz CT molecular complexity index is 637. The molecule has 1 aliphatic rings. The van der Waals surface area contributed by atoms with Crippen molar-refractivity contribution >= 4 is 23.1 Å². The summed E-state index contributed by atoms with van der Waals surface area (Å²) >= 11 is 5.74. The Balaban J connectivity index is 2.01. The highest BCUT2D eigenvalue weighted by Gasteiger charge is 2.27. The first-order valence-corrected chi connectivity index (χ1v) is 6.01. The molecule has 0 unspecified atom stereocenters. The number of anilines is 1. The van der Waals surface area contributed by atoms with Crippen LogP contribution in [0.2, 0.25) is 5.28 Å². The van der Waals surface area contributed by atoms with E-state index >= 15 is 0 Å². The SMILES string of the molecule is O=[N+]([O-])c1cnc(Cl)nc1N1Cc2ccccc2C1. The normalized spacial score (nSPS) is 13.4. The maximum atomic E-state index is 11.0. The molecule has 0 amide bonds. The van der Waals surface area contributed by atoms with Gasteiger partial charge in [-0.15, -0.1) is 0 Å². The molecule has 2 heterocycles. The smallest absolute Gasteiger partial charge is 0.329 e. The minimum absolute atomic E-state index is 0.0107. The summed E-state index contributed by atoms with van der Waals surface area (Å²) in [5, 5.41) is 11.0. The van der Waals surface area contributed by atoms with Gasteiger partial charge in [0.1, 0.15) is 6.20 Å². The molecule has 1 aromatic carbocycles. The van der Waals surface area contributed by atoms with E-state index in [1.807, 2.05) is 29.2 Å². The number of fused-ring (bicyclic) bond motifs is 1. The molecule has 0 radical (unpaired) electrons. The number of hydrogen-bond acceptors (Lipinski definition) is 5. The van der Waals surface area contributed by atoms with Gasteiger partial charge in [0.15, 0.2) is 0 Å². The molecule has 0 spiro atoms. The zero-order valence-electron chi connectivity index (χ0n) is 9.78. The van der Waals surface area contributed by atoms with E-state index in [2.05, 4.69) is 9.97 Å². The van der Waals surface area contributed by atoms with Crippen LogP contribution < -0.4 is 4.90 Å². The molecule has 1 aromatic heterocycles. The fourth-order valence-electron chi connectivity index (χ4n) is 2.19. The van der Waals surface area contributed by atoms with Crippen LogP contribution in [0.3, 0.4) is 0 Å². The van der Waals surface area contributed by atoms with Crippen molar-refractivity contribution in [2.24, 2.45) is 0 Å². The molecular weight excluding hydrogens is 268 g/mol. The highest BCUT2D eigenvalue weighted by molar-refractivity contribution is 6.28. The van der Waals surface area contributed by atoms with Crippen molar-refractivity contribution in [1.82, 2.24) is 9.97 Å². The quantitative estimate of drug-likeness (QED) is 0.479. The Kier molecular flexibility index (Phi) is 2.79. The Labute approximate surface area is 113 Å². The molecule has 0 N–H and O–H groups in total. The lowest BCUT2D eigenvalue weighted by Gasteiger charge is -2.15. The van der Waals surface area contributed by atoms with E-state index in [9.17, 15) is 10.1 Å². The lowest BCUT2D eigenvalue weighted by Crippen LogP contribution is -2.18. The van der Waals surface area contributed by atoms with E-state index in [1.165, 1.54) is 0 Å². The third-order valence-electron chi connectivity index (χ3n) is 3.06. The predicted molar refractivity (Wildman–Crippen MR) is 70.0 cm³/mol. The highest BCUT2D eigenvalue weighted by Crippen LogP contribution is 2.32. The molecule has 0 fully saturated rings. The molecule has 0 atom stereocenters. The van der Waals surface area contributed by atoms with Gasteiger partial charge in [0, 0.05) is 13.1 Å². The van der Waals surface area contributed by atoms with Crippen LogP contribution in [0.25, 0.3) is 0 Å². The molecule has 2 aromatic rings. The second kappa shape index (κ2) is 4.47. The molecule has 3 rings (SSSR count). The van der Waals surface area contributed by atoms with Crippen molar-refractivity contribution in [2.75, 3.05) is 4.90 Å². The molecule has 0 bridgehead atoms. The van der Waals surface area contributed by atoms with Crippen molar-refractivity contribution in [3.8, 4) is 0 Å². The van der Waals surface area contributed by atoms with Gasteiger partial charge in [-0.3, -0.25) is 10.1 Å². The minimum Gasteiger partial charge on any atom is -0.342 e. The first-order chi connectivity index (χ1) is 9.15. The molecule has 7 heteroatoms. The van der Waals surface area contributed by atoms with E-state index < -0.39 is 4.92 Å². The maximum Gasteiger partial charge on any atom is 0.329 e. The molecule has 19 heavy (non-hydrogen) atoms. The van der Waals surface area contributed by atoms with Crippen molar-refractivity contribution in [1.29, 1.82) is 0 Å². The van der Waals surface area contributed by atoms with E-state index in [0.29, 0.717) is 13.1 Å². The van der Waals surface area contributed by atoms with E-state index in [-0.39, 0.29) is 16.8 Å². The zero-order valence-corrected chi connectivity index (χ0v) is 10.5. The van der Waals surface area contributed by atoms with Crippen molar-refractivity contribution < 1.29 is 4.92 Å². The summed E-state index contributed by atoms with van der Waals surface area (Å²) in [5.74, 6) is 0.265. The second-order valence-corrected chi connectivity index (χ2v) is 4.57. The van der Waals surface area contributed by atoms with Crippen LogP contribution in [0.4, 0.5) is 11.5 Å². The molecule has 0 aliphatic carbocycles. The molecule has 6 nitrogen and oxygen atoms in total. The molecule has 0 saturated carbocycles. The summed E-state index contributed by atoms with van der Waals surface area (Å²) in [6, 6.07) is 7.90. The monoisotopic (exact) mass is 276 g/mol. The van der Waals surface area contributed by atoms with Crippen molar-refractivity contribution in [3.63, 3.8) is 0 Å². The fourth-order valence-corrected chi connectivity index (χ4v) is 2.32. The van der Waals surface area contributed by atoms with Gasteiger partial charge < -0.3 is 4.90 Å². The molecule has 1 aliphatic heterocycles. The highest BCUT2D eigenvalue weighted by atomic mass is 35.5. The Morgan fingerprint density at radius 2 is 1.89 bits per heavy atom. The number of nitrogens with zero attached hydrogens (tertiary/aromatic N) is 4. The number of halogens is 1. The van der Waals surface area contributed by atoms with Crippen LogP contribution in [0.15, 0.2) is 30.5 Å². The van der Waals surface area contributed by atoms with Crippen LogP contribution >= 0.6 is 11.6 Å². The predicted octanol–water partition coefficient (Wildman–Crippen LogP) is 2.56. The Morgan fingerprint density at radius 3 is 2.47 bits per heavy atom. The number of benzene rings is 1. The summed E-state index contributed by atoms with van der Waals surface area (Å²) in [7, 11) is 0. The molecule has 0 saturated heterocycles. The zero-order chi connectivity index (χ0) is 13.4. The van der Waals surface area contributed by atoms with Gasteiger partial charge in [0.05, 0.1) is 4.92 Å². The fraction of sp³-hybridized carbons (Fsp3) is 0.167. The summed E-state index contributed by atoms with van der Waals surface area (Å²) in [6.45, 7) is 1.18. The lowest BCUT2D eigenvalue weighted by atomic mass is 10.1. The number of nitro groups is 1. The van der Waals surface area contributed by atoms with Gasteiger partial charge in [0.2, 0.25) is 11.1 Å². The Morgan fingerprint density at radius 1 is 1.26 bits per heavy atom. The summed E-state index contributed by atoms with van der Waals surface area (Å²) in [4.78, 5) is 20.0. The first kappa shape index (κ1) is 11.9. The van der Waals surface area contributed by atoms with Crippen LogP contribution in [0, 0.1) is 10.1 Å². The van der Waals surface area contributed by atoms with Crippen LogP contribution in [0.5, 0.6) is 0 Å². The number of aromatic nitrogens is 2. The lowest BCUT2D eigenvalue weighted by molar-refractivity contribution is -0.384. The average Bonchev–Trinajstić information content (AvgIpc) is 2.81. The van der Waals surface area contributed by atoms with Gasteiger partial charge in [-0.05, 0) is 22.7 Å². The summed E-state index contributed by atoms with van der Waals surface area (Å²) in [5.41, 5.74) is 2.16. The Hall–Kier alpha value is -2.21. The van der Waals surface area contributed by atoms with Gasteiger partial charge in [-0.1, -0.05) is 24.3 Å². The van der Waals surface area contributed by atoms with E-state index in [0.717, 1.165) is 17.3 Å². The third kappa shape index (κ3) is 2.10. The topological polar surface area (TPSA) is 72.2 Å². The maximum absolute atomic E-state index is 11.0. The standard InChI is InChI=1S/C12H9ClN4O2/c13-12-14-5-10(17(18)19)11(15-12)16-6-8-3-1-2-4-9(8)7-16/h1-5H,6-7H2. The summed E-state index contributed by atoms with van der Waals surface area (Å²) < 4.78 is 0. The molecule has 96 valence electrons. The van der Waals surface area contributed by atoms with Gasteiger partial charge in [-0.2, -0.15) is 4.98 Å². The minimum atomic E-state index is -0.491. The van der Waals surface area contributed by atoms with Gasteiger partial charge in [0.25, 0.3) is 0 Å². The third-order valence-corrected chi connectivity index (χ3v) is 3.24. The van der Waals surface area contributed by atoms with Crippen LogP contribution in [-0.4, -0.2) is 14.9 Å². The molecular formula is C12H9ClN4O2. The van der Waals surface area contributed by atoms with Crippen molar-refractivity contribution in [3.05, 3.63) is 57.0 Å². The average molecular weight is 277 g/mol. The first-order valence-electron chi connectivity index (χ1n) is 5.64. The number of hydrogen-bond donors (Lipinski definition) is 0. The van der Waals surface area contributed by atoms with Crippen LogP contribution in [0.1, 0.15) is 11.1 Å². The van der Waals surface area contributed by atoms with Gasteiger partial charge in [-0.25, -0.2) is 4.98 Å². The van der Waals surface area contributed by atoms with Crippen LogP contribution in [-0.2, 0) is 13.1 Å². The largest absolute Gasteiger partial charge is 0.342 e. The second-order valence-electron chi connectivity index (χ2n) is 4.23. The number of rotatable bonds is 2.